The van der Waals surface area contributed by atoms with Crippen molar-refractivity contribution in [2.24, 2.45) is 0 Å². The molecule has 0 aliphatic carbocycles. The number of nitriles is 1. The minimum absolute atomic E-state index is 0.529. The lowest BCUT2D eigenvalue weighted by molar-refractivity contribution is 0.480. The van der Waals surface area contributed by atoms with Crippen LogP contribution in [0.5, 0.6) is 11.5 Å². The van der Waals surface area contributed by atoms with E-state index in [9.17, 15) is 0 Å². The second kappa shape index (κ2) is 6.03. The van der Waals surface area contributed by atoms with Crippen LogP contribution in [0.4, 0.5) is 0 Å². The van der Waals surface area contributed by atoms with Crippen LogP contribution in [0.2, 0.25) is 0 Å². The number of hydrogen-bond acceptors (Lipinski definition) is 2. The van der Waals surface area contributed by atoms with Crippen molar-refractivity contribution in [2.45, 2.75) is 5.33 Å². The lowest BCUT2D eigenvalue weighted by Gasteiger charge is -2.09. The zero-order chi connectivity index (χ0) is 13.0. The number of ether oxygens (including phenoxy) is 1. The topological polar surface area (TPSA) is 33.0 Å². The van der Waals surface area contributed by atoms with Crippen LogP contribution in [-0.2, 0) is 5.33 Å². The highest BCUT2D eigenvalue weighted by atomic mass is 79.9. The van der Waals surface area contributed by atoms with E-state index in [2.05, 4.69) is 37.9 Å². The highest BCUT2D eigenvalue weighted by Gasteiger charge is 2.05. The molecule has 0 radical (unpaired) electrons. The van der Waals surface area contributed by atoms with Gasteiger partial charge in [0, 0.05) is 9.80 Å². The molecule has 0 bridgehead atoms. The Hall–Kier alpha value is -1.31. The molecule has 2 aromatic rings. The van der Waals surface area contributed by atoms with E-state index in [1.807, 2.05) is 30.3 Å². The van der Waals surface area contributed by atoms with Gasteiger partial charge in [0.05, 0.1) is 5.56 Å². The Labute approximate surface area is 122 Å². The highest BCUT2D eigenvalue weighted by molar-refractivity contribution is 9.10. The summed E-state index contributed by atoms with van der Waals surface area (Å²) in [6.07, 6.45) is 0. The number of rotatable bonds is 3. The Morgan fingerprint density at radius 2 is 1.94 bits per heavy atom. The molecule has 0 saturated carbocycles. The van der Waals surface area contributed by atoms with Crippen molar-refractivity contribution in [3.05, 3.63) is 58.1 Å². The summed E-state index contributed by atoms with van der Waals surface area (Å²) < 4.78 is 6.76. The van der Waals surface area contributed by atoms with Crippen molar-refractivity contribution in [2.75, 3.05) is 0 Å². The van der Waals surface area contributed by atoms with Gasteiger partial charge in [-0.25, -0.2) is 0 Å². The van der Waals surface area contributed by atoms with Gasteiger partial charge in [-0.05, 0) is 35.9 Å². The molecule has 0 aliphatic heterocycles. The average molecular weight is 367 g/mol. The third-order valence-corrected chi connectivity index (χ3v) is 3.77. The smallest absolute Gasteiger partial charge is 0.145 e. The Morgan fingerprint density at radius 3 is 2.67 bits per heavy atom. The van der Waals surface area contributed by atoms with E-state index in [4.69, 9.17) is 10.00 Å². The number of halogens is 2. The molecule has 2 aromatic carbocycles. The van der Waals surface area contributed by atoms with Gasteiger partial charge in [-0.15, -0.1) is 0 Å². The fourth-order valence-corrected chi connectivity index (χ4v) is 2.72. The quantitative estimate of drug-likeness (QED) is 0.715. The lowest BCUT2D eigenvalue weighted by Crippen LogP contribution is -1.89. The monoisotopic (exact) mass is 365 g/mol. The van der Waals surface area contributed by atoms with E-state index in [0.29, 0.717) is 11.3 Å². The van der Waals surface area contributed by atoms with Gasteiger partial charge in [-0.1, -0.05) is 44.0 Å². The first-order valence-electron chi connectivity index (χ1n) is 5.26. The Balaban J connectivity index is 2.32. The van der Waals surface area contributed by atoms with Crippen molar-refractivity contribution in [3.8, 4) is 17.6 Å². The number of nitrogens with zero attached hydrogens (tertiary/aromatic N) is 1. The maximum Gasteiger partial charge on any atom is 0.145 e. The molecule has 0 N–H and O–H groups in total. The molecular formula is C14H9Br2NO. The molecule has 90 valence electrons. The largest absolute Gasteiger partial charge is 0.456 e. The van der Waals surface area contributed by atoms with Crippen molar-refractivity contribution in [1.29, 1.82) is 5.26 Å². The first-order valence-corrected chi connectivity index (χ1v) is 7.17. The van der Waals surface area contributed by atoms with E-state index in [1.54, 1.807) is 12.1 Å². The Bertz CT molecular complexity index is 605. The van der Waals surface area contributed by atoms with E-state index >= 15 is 0 Å². The molecule has 18 heavy (non-hydrogen) atoms. The molecule has 2 rings (SSSR count). The molecule has 0 unspecified atom stereocenters. The van der Waals surface area contributed by atoms with Crippen LogP contribution in [0, 0.1) is 11.3 Å². The number of hydrogen-bond donors (Lipinski definition) is 0. The maximum absolute atomic E-state index is 9.00. The molecule has 4 heteroatoms. The molecule has 0 fully saturated rings. The van der Waals surface area contributed by atoms with E-state index in [0.717, 1.165) is 21.1 Å². The van der Waals surface area contributed by atoms with E-state index in [1.165, 1.54) is 0 Å². The second-order valence-electron chi connectivity index (χ2n) is 3.60. The zero-order valence-corrected chi connectivity index (χ0v) is 12.5. The van der Waals surface area contributed by atoms with Crippen LogP contribution in [0.1, 0.15) is 11.1 Å². The predicted octanol–water partition coefficient (Wildman–Crippen LogP) is 5.01. The van der Waals surface area contributed by atoms with Crippen LogP contribution < -0.4 is 4.74 Å². The summed E-state index contributed by atoms with van der Waals surface area (Å²) in [5.74, 6) is 1.29. The standard InChI is InChI=1S/C14H9Br2NO/c15-8-11-7-12(5-6-13(11)16)18-14-4-2-1-3-10(14)9-17/h1-7H,8H2. The van der Waals surface area contributed by atoms with Crippen LogP contribution in [0.25, 0.3) is 0 Å². The highest BCUT2D eigenvalue weighted by Crippen LogP contribution is 2.29. The summed E-state index contributed by atoms with van der Waals surface area (Å²) in [4.78, 5) is 0. The summed E-state index contributed by atoms with van der Waals surface area (Å²) >= 11 is 6.88. The fourth-order valence-electron chi connectivity index (χ4n) is 1.49. The van der Waals surface area contributed by atoms with Gasteiger partial charge in [0.25, 0.3) is 0 Å². The minimum atomic E-state index is 0.529. The van der Waals surface area contributed by atoms with Crippen LogP contribution in [0.15, 0.2) is 46.9 Å². The third-order valence-electron chi connectivity index (χ3n) is 2.40. The van der Waals surface area contributed by atoms with Gasteiger partial charge in [-0.3, -0.25) is 0 Å². The fraction of sp³-hybridized carbons (Fsp3) is 0.0714. The molecular weight excluding hydrogens is 358 g/mol. The van der Waals surface area contributed by atoms with Gasteiger partial charge in [0.15, 0.2) is 0 Å². The number of alkyl halides is 1. The minimum Gasteiger partial charge on any atom is -0.456 e. The van der Waals surface area contributed by atoms with Crippen molar-refractivity contribution in [3.63, 3.8) is 0 Å². The van der Waals surface area contributed by atoms with Crippen molar-refractivity contribution >= 4 is 31.9 Å². The Morgan fingerprint density at radius 1 is 1.17 bits per heavy atom. The van der Waals surface area contributed by atoms with Gasteiger partial charge < -0.3 is 4.74 Å². The van der Waals surface area contributed by atoms with E-state index in [-0.39, 0.29) is 0 Å². The van der Waals surface area contributed by atoms with E-state index < -0.39 is 0 Å². The first-order chi connectivity index (χ1) is 8.74. The number of para-hydroxylation sites is 1. The van der Waals surface area contributed by atoms with Gasteiger partial charge in [0.1, 0.15) is 17.6 Å². The normalized spacial score (nSPS) is 9.83. The summed E-state index contributed by atoms with van der Waals surface area (Å²) in [5.41, 5.74) is 1.63. The SMILES string of the molecule is N#Cc1ccccc1Oc1ccc(Br)c(CBr)c1. The molecule has 0 spiro atoms. The summed E-state index contributed by atoms with van der Waals surface area (Å²) in [6.45, 7) is 0. The number of benzene rings is 2. The summed E-state index contributed by atoms with van der Waals surface area (Å²) in [5, 5.41) is 9.74. The van der Waals surface area contributed by atoms with Crippen LogP contribution in [-0.4, -0.2) is 0 Å². The summed E-state index contributed by atoms with van der Waals surface area (Å²) in [7, 11) is 0. The molecule has 0 saturated heterocycles. The van der Waals surface area contributed by atoms with Crippen molar-refractivity contribution in [1.82, 2.24) is 0 Å². The molecule has 0 aromatic heterocycles. The van der Waals surface area contributed by atoms with Gasteiger partial charge in [0.2, 0.25) is 0 Å². The molecule has 0 heterocycles. The lowest BCUT2D eigenvalue weighted by atomic mass is 10.2. The second-order valence-corrected chi connectivity index (χ2v) is 5.01. The molecule has 0 aliphatic rings. The zero-order valence-electron chi connectivity index (χ0n) is 9.36. The van der Waals surface area contributed by atoms with Crippen LogP contribution in [0.3, 0.4) is 0 Å². The predicted molar refractivity (Wildman–Crippen MR) is 78.0 cm³/mol. The molecule has 0 amide bonds. The van der Waals surface area contributed by atoms with Gasteiger partial charge in [-0.2, -0.15) is 5.26 Å². The molecule has 2 nitrogen and oxygen atoms in total. The average Bonchev–Trinajstić information content (AvgIpc) is 2.41. The summed E-state index contributed by atoms with van der Waals surface area (Å²) in [6, 6.07) is 15.0. The Kier molecular flexibility index (Phi) is 4.40. The van der Waals surface area contributed by atoms with Gasteiger partial charge >= 0.3 is 0 Å². The first kappa shape index (κ1) is 13.1. The maximum atomic E-state index is 9.00. The molecule has 0 atom stereocenters. The van der Waals surface area contributed by atoms with Crippen LogP contribution >= 0.6 is 31.9 Å². The van der Waals surface area contributed by atoms with Crippen molar-refractivity contribution < 1.29 is 4.74 Å². The third kappa shape index (κ3) is 2.92.